The number of hydrogen-bond donors (Lipinski definition) is 3. The van der Waals surface area contributed by atoms with E-state index in [1.165, 1.54) is 0 Å². The molecular weight excluding hydrogens is 244 g/mol. The zero-order valence-electron chi connectivity index (χ0n) is 12.1. The highest BCUT2D eigenvalue weighted by Crippen LogP contribution is 2.65. The van der Waals surface area contributed by atoms with Crippen LogP contribution in [0.5, 0.6) is 0 Å². The molecule has 2 saturated carbocycles. The molecule has 1 aliphatic heterocycles. The second kappa shape index (κ2) is 3.94. The number of aliphatic hydroxyl groups is 3. The highest BCUT2D eigenvalue weighted by molar-refractivity contribution is 5.21. The fourth-order valence-corrected chi connectivity index (χ4v) is 5.15. The number of rotatable bonds is 1. The van der Waals surface area contributed by atoms with Gasteiger partial charge in [-0.15, -0.1) is 0 Å². The molecular formula is C15H26O4. The summed E-state index contributed by atoms with van der Waals surface area (Å²) in [7, 11) is 0. The molecule has 3 N–H and O–H groups in total. The first-order valence-electron chi connectivity index (χ1n) is 7.48. The van der Waals surface area contributed by atoms with Gasteiger partial charge in [-0.3, -0.25) is 0 Å². The van der Waals surface area contributed by atoms with Crippen molar-refractivity contribution in [1.82, 2.24) is 0 Å². The van der Waals surface area contributed by atoms with E-state index in [2.05, 4.69) is 6.92 Å². The Bertz CT molecular complexity index is 386. The molecule has 2 bridgehead atoms. The SMILES string of the molecule is C[C@H]1[C@H](O)CC[C@]2(C)CC[C@H]3[C@H](O)[C@@]12O[C@]3(C)CO. The lowest BCUT2D eigenvalue weighted by Crippen LogP contribution is -2.65. The largest absolute Gasteiger partial charge is 0.393 e. The minimum Gasteiger partial charge on any atom is -0.393 e. The molecule has 0 amide bonds. The first-order chi connectivity index (χ1) is 8.81. The van der Waals surface area contributed by atoms with E-state index in [1.54, 1.807) is 0 Å². The first-order valence-corrected chi connectivity index (χ1v) is 7.48. The second-order valence-electron chi connectivity index (χ2n) is 7.41. The summed E-state index contributed by atoms with van der Waals surface area (Å²) in [5.41, 5.74) is -1.48. The van der Waals surface area contributed by atoms with Gasteiger partial charge in [-0.25, -0.2) is 0 Å². The fraction of sp³-hybridized carbons (Fsp3) is 1.00. The first kappa shape index (κ1) is 13.8. The van der Waals surface area contributed by atoms with E-state index >= 15 is 0 Å². The lowest BCUT2D eigenvalue weighted by molar-refractivity contribution is -0.251. The molecule has 4 heteroatoms. The monoisotopic (exact) mass is 270 g/mol. The maximum atomic E-state index is 10.9. The molecule has 1 heterocycles. The number of hydrogen-bond acceptors (Lipinski definition) is 4. The third-order valence-corrected chi connectivity index (χ3v) is 6.52. The van der Waals surface area contributed by atoms with Crippen molar-refractivity contribution in [2.45, 2.75) is 69.9 Å². The molecule has 7 atom stereocenters. The van der Waals surface area contributed by atoms with Gasteiger partial charge in [0.1, 0.15) is 5.60 Å². The minimum atomic E-state index is -0.703. The Morgan fingerprint density at radius 3 is 2.42 bits per heavy atom. The summed E-state index contributed by atoms with van der Waals surface area (Å²) in [5.74, 6) is -0.129. The van der Waals surface area contributed by atoms with Gasteiger partial charge in [0.25, 0.3) is 0 Å². The predicted octanol–water partition coefficient (Wildman–Crippen LogP) is 1.07. The van der Waals surface area contributed by atoms with Crippen molar-refractivity contribution in [2.75, 3.05) is 6.61 Å². The zero-order chi connectivity index (χ0) is 14.1. The van der Waals surface area contributed by atoms with Crippen LogP contribution in [-0.2, 0) is 4.74 Å². The Kier molecular flexibility index (Phi) is 2.86. The van der Waals surface area contributed by atoms with Gasteiger partial charge in [-0.1, -0.05) is 13.8 Å². The molecule has 2 aliphatic carbocycles. The molecule has 1 saturated heterocycles. The van der Waals surface area contributed by atoms with E-state index in [9.17, 15) is 15.3 Å². The molecule has 0 radical (unpaired) electrons. The summed E-state index contributed by atoms with van der Waals surface area (Å²) >= 11 is 0. The van der Waals surface area contributed by atoms with Gasteiger partial charge >= 0.3 is 0 Å². The summed E-state index contributed by atoms with van der Waals surface area (Å²) in [6, 6.07) is 0. The van der Waals surface area contributed by atoms with Crippen LogP contribution >= 0.6 is 0 Å². The summed E-state index contributed by atoms with van der Waals surface area (Å²) in [6.07, 6.45) is 2.52. The van der Waals surface area contributed by atoms with E-state index in [1.807, 2.05) is 13.8 Å². The quantitative estimate of drug-likeness (QED) is 0.667. The van der Waals surface area contributed by atoms with Crippen LogP contribution in [0.3, 0.4) is 0 Å². The lowest BCUT2D eigenvalue weighted by Gasteiger charge is -2.58. The fourth-order valence-electron chi connectivity index (χ4n) is 5.15. The smallest absolute Gasteiger partial charge is 0.106 e. The second-order valence-corrected chi connectivity index (χ2v) is 7.41. The average Bonchev–Trinajstić information content (AvgIpc) is 2.54. The lowest BCUT2D eigenvalue weighted by atomic mass is 9.51. The van der Waals surface area contributed by atoms with E-state index in [-0.39, 0.29) is 23.9 Å². The van der Waals surface area contributed by atoms with Crippen LogP contribution in [0.15, 0.2) is 0 Å². The summed E-state index contributed by atoms with van der Waals surface area (Å²) < 4.78 is 6.35. The highest BCUT2D eigenvalue weighted by atomic mass is 16.6. The van der Waals surface area contributed by atoms with Gasteiger partial charge in [0.2, 0.25) is 0 Å². The van der Waals surface area contributed by atoms with Crippen LogP contribution in [0.1, 0.15) is 46.5 Å². The van der Waals surface area contributed by atoms with Crippen molar-refractivity contribution in [3.63, 3.8) is 0 Å². The van der Waals surface area contributed by atoms with Gasteiger partial charge in [-0.05, 0) is 38.0 Å². The molecule has 19 heavy (non-hydrogen) atoms. The third-order valence-electron chi connectivity index (χ3n) is 6.52. The molecule has 110 valence electrons. The van der Waals surface area contributed by atoms with E-state index in [4.69, 9.17) is 4.74 Å². The van der Waals surface area contributed by atoms with Crippen molar-refractivity contribution < 1.29 is 20.1 Å². The van der Waals surface area contributed by atoms with Crippen molar-refractivity contribution in [1.29, 1.82) is 0 Å². The Morgan fingerprint density at radius 1 is 1.16 bits per heavy atom. The van der Waals surface area contributed by atoms with Crippen molar-refractivity contribution in [3.05, 3.63) is 0 Å². The molecule has 0 unspecified atom stereocenters. The predicted molar refractivity (Wildman–Crippen MR) is 70.5 cm³/mol. The van der Waals surface area contributed by atoms with Crippen LogP contribution in [0, 0.1) is 17.3 Å². The Balaban J connectivity index is 2.11. The molecule has 0 aromatic heterocycles. The summed E-state index contributed by atoms with van der Waals surface area (Å²) in [6.45, 7) is 5.99. The van der Waals surface area contributed by atoms with Gasteiger partial charge < -0.3 is 20.1 Å². The van der Waals surface area contributed by atoms with Crippen molar-refractivity contribution >= 4 is 0 Å². The Labute approximate surface area is 114 Å². The summed E-state index contributed by atoms with van der Waals surface area (Å²) in [4.78, 5) is 0. The van der Waals surface area contributed by atoms with Gasteiger partial charge in [0, 0.05) is 11.8 Å². The van der Waals surface area contributed by atoms with Crippen LogP contribution < -0.4 is 0 Å². The topological polar surface area (TPSA) is 69.9 Å². The number of fused-ring (bicyclic) bond motifs is 1. The van der Waals surface area contributed by atoms with Gasteiger partial charge in [-0.2, -0.15) is 0 Å². The highest BCUT2D eigenvalue weighted by Gasteiger charge is 2.72. The maximum Gasteiger partial charge on any atom is 0.106 e. The molecule has 0 aromatic rings. The standard InChI is InChI=1S/C15H26O4/c1-9-11(17)5-7-13(2)6-4-10-12(18)15(9,13)19-14(10,3)8-16/h9-12,16-18H,4-8H2,1-3H3/t9-,10-,11+,12-,13-,14+,15-/m0/s1. The third kappa shape index (κ3) is 1.44. The normalized spacial score (nSPS) is 60.9. The molecule has 3 aliphatic rings. The average molecular weight is 270 g/mol. The van der Waals surface area contributed by atoms with Crippen LogP contribution in [0.2, 0.25) is 0 Å². The molecule has 3 rings (SSSR count). The number of aliphatic hydroxyl groups excluding tert-OH is 3. The van der Waals surface area contributed by atoms with Crippen molar-refractivity contribution in [2.24, 2.45) is 17.3 Å². The molecule has 4 nitrogen and oxygen atoms in total. The minimum absolute atomic E-state index is 0.0293. The zero-order valence-corrected chi connectivity index (χ0v) is 12.1. The van der Waals surface area contributed by atoms with E-state index in [0.29, 0.717) is 0 Å². The Hall–Kier alpha value is -0.160. The maximum absolute atomic E-state index is 10.9. The molecule has 0 aromatic carbocycles. The van der Waals surface area contributed by atoms with E-state index in [0.717, 1.165) is 25.7 Å². The Morgan fingerprint density at radius 2 is 1.79 bits per heavy atom. The van der Waals surface area contributed by atoms with Crippen LogP contribution in [-0.4, -0.2) is 45.3 Å². The van der Waals surface area contributed by atoms with E-state index < -0.39 is 23.4 Å². The van der Waals surface area contributed by atoms with Crippen LogP contribution in [0.25, 0.3) is 0 Å². The molecule has 1 spiro atoms. The van der Waals surface area contributed by atoms with Crippen molar-refractivity contribution in [3.8, 4) is 0 Å². The summed E-state index contributed by atoms with van der Waals surface area (Å²) in [5, 5.41) is 30.8. The number of ether oxygens (including phenoxy) is 1. The molecule has 3 fully saturated rings. The van der Waals surface area contributed by atoms with Gasteiger partial charge in [0.05, 0.1) is 24.4 Å². The van der Waals surface area contributed by atoms with Crippen LogP contribution in [0.4, 0.5) is 0 Å². The van der Waals surface area contributed by atoms with Gasteiger partial charge in [0.15, 0.2) is 0 Å².